The Bertz CT molecular complexity index is 2670. The molecule has 8 rings (SSSR count). The van der Waals surface area contributed by atoms with Crippen LogP contribution in [0.1, 0.15) is 68.1 Å². The number of methoxy groups -OCH3 is 1. The van der Waals surface area contributed by atoms with Gasteiger partial charge in [-0.2, -0.15) is 4.98 Å². The molecule has 61 heavy (non-hydrogen) atoms. The summed E-state index contributed by atoms with van der Waals surface area (Å²) in [6.45, 7) is 5.05. The lowest BCUT2D eigenvalue weighted by molar-refractivity contribution is -0.133. The average molecular weight is 822 g/mol. The number of halogens is 1. The highest BCUT2D eigenvalue weighted by atomic mass is 19.1. The van der Waals surface area contributed by atoms with Crippen LogP contribution in [0.2, 0.25) is 0 Å². The Kier molecular flexibility index (Phi) is 11.2. The number of imidazole rings is 1. The quantitative estimate of drug-likeness (QED) is 0.0861. The topological polar surface area (TPSA) is 147 Å². The van der Waals surface area contributed by atoms with E-state index in [2.05, 4.69) is 15.3 Å². The minimum atomic E-state index is -2.03. The first-order valence-corrected chi connectivity index (χ1v) is 19.9. The molecule has 0 bridgehead atoms. The smallest absolute Gasteiger partial charge is 0.338 e. The number of nitrogens with zero attached hydrogens (tertiary/aromatic N) is 3. The van der Waals surface area contributed by atoms with Crippen LogP contribution in [-0.4, -0.2) is 63.1 Å². The van der Waals surface area contributed by atoms with Crippen molar-refractivity contribution in [2.45, 2.75) is 56.8 Å². The van der Waals surface area contributed by atoms with E-state index in [0.717, 1.165) is 27.8 Å². The fraction of sp³-hybridized carbons (Fsp3) is 0.229. The maximum absolute atomic E-state index is 17.3. The van der Waals surface area contributed by atoms with Gasteiger partial charge in [0.1, 0.15) is 23.5 Å². The summed E-state index contributed by atoms with van der Waals surface area (Å²) in [6, 6.07) is 40.5. The van der Waals surface area contributed by atoms with Crippen molar-refractivity contribution >= 4 is 29.1 Å². The van der Waals surface area contributed by atoms with Gasteiger partial charge in [0, 0.05) is 0 Å². The molecule has 0 aliphatic carbocycles. The normalized spacial score (nSPS) is 18.7. The molecule has 13 heteroatoms. The predicted molar refractivity (Wildman–Crippen MR) is 227 cm³/mol. The Morgan fingerprint density at radius 1 is 0.820 bits per heavy atom. The number of hydrogen-bond donors (Lipinski definition) is 2. The molecule has 3 heterocycles. The monoisotopic (exact) mass is 821 g/mol. The van der Waals surface area contributed by atoms with Gasteiger partial charge in [0.2, 0.25) is 5.95 Å². The van der Waals surface area contributed by atoms with Gasteiger partial charge in [-0.05, 0) is 73.4 Å². The second kappa shape index (κ2) is 16.9. The fourth-order valence-corrected chi connectivity index (χ4v) is 7.81. The predicted octanol–water partition coefficient (Wildman–Crippen LogP) is 8.25. The molecule has 0 spiro atoms. The van der Waals surface area contributed by atoms with E-state index in [1.54, 1.807) is 62.6 Å². The lowest BCUT2D eigenvalue weighted by atomic mass is 9.77. The van der Waals surface area contributed by atoms with Gasteiger partial charge in [-0.25, -0.2) is 19.0 Å². The molecule has 1 saturated heterocycles. The number of fused-ring (bicyclic) bond motifs is 1. The molecular weight excluding hydrogens is 778 g/mol. The second-order valence-electron chi connectivity index (χ2n) is 15.1. The maximum Gasteiger partial charge on any atom is 0.338 e. The van der Waals surface area contributed by atoms with Gasteiger partial charge in [-0.3, -0.25) is 14.3 Å². The van der Waals surface area contributed by atoms with E-state index in [0.29, 0.717) is 5.75 Å². The molecule has 0 radical (unpaired) electrons. The molecular formula is C48H44FN5O7. The number of aromatic amines is 1. The number of carbonyl (C=O) groups is 2. The van der Waals surface area contributed by atoms with Crippen molar-refractivity contribution in [2.24, 2.45) is 0 Å². The van der Waals surface area contributed by atoms with E-state index < -0.39 is 53.7 Å². The number of H-pyrrole nitrogens is 1. The summed E-state index contributed by atoms with van der Waals surface area (Å²) in [7, 11) is 1.59. The number of nitrogens with one attached hydrogen (secondary N) is 2. The van der Waals surface area contributed by atoms with Crippen LogP contribution in [-0.2, 0) is 19.7 Å². The first-order valence-electron chi connectivity index (χ1n) is 19.9. The molecule has 1 fully saturated rings. The molecule has 2 N–H and O–H groups in total. The maximum atomic E-state index is 17.3. The van der Waals surface area contributed by atoms with Crippen LogP contribution in [0, 0.1) is 13.8 Å². The lowest BCUT2D eigenvalue weighted by Gasteiger charge is -2.37. The molecule has 0 unspecified atom stereocenters. The van der Waals surface area contributed by atoms with E-state index in [9.17, 15) is 14.4 Å². The third-order valence-electron chi connectivity index (χ3n) is 11.2. The van der Waals surface area contributed by atoms with E-state index in [1.165, 1.54) is 10.9 Å². The summed E-state index contributed by atoms with van der Waals surface area (Å²) in [5.74, 6) is -0.739. The van der Waals surface area contributed by atoms with Gasteiger partial charge >= 0.3 is 11.9 Å². The summed E-state index contributed by atoms with van der Waals surface area (Å²) in [5, 5.41) is 3.56. The number of esters is 2. The van der Waals surface area contributed by atoms with Gasteiger partial charge in [-0.15, -0.1) is 0 Å². The van der Waals surface area contributed by atoms with E-state index in [-0.39, 0.29) is 34.7 Å². The summed E-state index contributed by atoms with van der Waals surface area (Å²) < 4.78 is 42.4. The van der Waals surface area contributed by atoms with Crippen molar-refractivity contribution < 1.29 is 32.9 Å². The first-order chi connectivity index (χ1) is 29.5. The SMILES string of the molecule is CC[C@]1(COC(=O)c2ccc(C)cc2)O[C@@H](n2cnc3c(=O)[nH]c(NC(c4ccccc4)(c4ccccc4)c4ccc(OC)cc4)nc32)[C@@H](F)[C@@H]1OC(=O)c1ccc(C)cc1. The van der Waals surface area contributed by atoms with E-state index in [4.69, 9.17) is 23.9 Å². The van der Waals surface area contributed by atoms with Crippen molar-refractivity contribution in [2.75, 3.05) is 19.0 Å². The number of ether oxygens (including phenoxy) is 4. The Hall–Kier alpha value is -7.12. The molecule has 2 aromatic heterocycles. The molecule has 1 aliphatic rings. The molecule has 1 aliphatic heterocycles. The molecule has 7 aromatic rings. The van der Waals surface area contributed by atoms with Crippen LogP contribution >= 0.6 is 0 Å². The zero-order valence-electron chi connectivity index (χ0n) is 34.0. The fourth-order valence-electron chi connectivity index (χ4n) is 7.81. The van der Waals surface area contributed by atoms with Crippen LogP contribution in [0.4, 0.5) is 10.3 Å². The van der Waals surface area contributed by atoms with Crippen molar-refractivity contribution in [1.29, 1.82) is 0 Å². The number of aromatic nitrogens is 4. The number of aryl methyl sites for hydroxylation is 2. The lowest BCUT2D eigenvalue weighted by Crippen LogP contribution is -2.48. The highest BCUT2D eigenvalue weighted by Crippen LogP contribution is 2.45. The van der Waals surface area contributed by atoms with Crippen molar-refractivity contribution in [3.05, 3.63) is 189 Å². The summed E-state index contributed by atoms with van der Waals surface area (Å²) in [6.07, 6.45) is -3.77. The number of hydrogen-bond acceptors (Lipinski definition) is 10. The first kappa shape index (κ1) is 40.7. The van der Waals surface area contributed by atoms with Crippen molar-refractivity contribution in [3.8, 4) is 5.75 Å². The van der Waals surface area contributed by atoms with Crippen LogP contribution in [0.3, 0.4) is 0 Å². The number of rotatable bonds is 13. The number of carbonyl (C=O) groups excluding carboxylic acids is 2. The van der Waals surface area contributed by atoms with Crippen LogP contribution in [0.5, 0.6) is 5.75 Å². The standard InChI is InChI=1S/C48H44FN5O7/c1-5-47(28-59-44(56)32-20-16-30(2)17-21-32)40(60-45(57)33-22-18-31(3)19-23-33)38(49)43(61-47)54-29-50-39-41(54)51-46(52-42(39)55)53-48(34-12-8-6-9-13-34,35-14-10-7-11-15-35)36-24-26-37(58-4)27-25-36/h6-27,29,38,40,43H,5,28H2,1-4H3,(H2,51,52,53,55)/t38-,40-,43+,47+/m0/s1. The van der Waals surface area contributed by atoms with Gasteiger partial charge in [-0.1, -0.05) is 115 Å². The highest BCUT2D eigenvalue weighted by molar-refractivity contribution is 5.90. The summed E-state index contributed by atoms with van der Waals surface area (Å²) >= 11 is 0. The molecule has 12 nitrogen and oxygen atoms in total. The third kappa shape index (κ3) is 7.75. The van der Waals surface area contributed by atoms with Gasteiger partial charge < -0.3 is 24.3 Å². The summed E-state index contributed by atoms with van der Waals surface area (Å²) in [4.78, 5) is 52.9. The van der Waals surface area contributed by atoms with Crippen molar-refractivity contribution in [1.82, 2.24) is 19.5 Å². The van der Waals surface area contributed by atoms with Gasteiger partial charge in [0.05, 0.1) is 24.6 Å². The largest absolute Gasteiger partial charge is 0.497 e. The average Bonchev–Trinajstić information content (AvgIpc) is 3.84. The summed E-state index contributed by atoms with van der Waals surface area (Å²) in [5.41, 5.74) is 1.38. The van der Waals surface area contributed by atoms with Crippen LogP contribution in [0.25, 0.3) is 11.2 Å². The number of benzene rings is 5. The second-order valence-corrected chi connectivity index (χ2v) is 15.1. The molecule has 5 aromatic carbocycles. The Morgan fingerprint density at radius 3 is 1.93 bits per heavy atom. The minimum Gasteiger partial charge on any atom is -0.497 e. The Balaban J connectivity index is 1.21. The van der Waals surface area contributed by atoms with Gasteiger partial charge in [0.25, 0.3) is 5.56 Å². The van der Waals surface area contributed by atoms with E-state index >= 15 is 4.39 Å². The third-order valence-corrected chi connectivity index (χ3v) is 11.2. The minimum absolute atomic E-state index is 0.00387. The van der Waals surface area contributed by atoms with E-state index in [1.807, 2.05) is 98.8 Å². The highest BCUT2D eigenvalue weighted by Gasteiger charge is 2.59. The number of alkyl halides is 1. The molecule has 4 atom stereocenters. The zero-order chi connectivity index (χ0) is 42.7. The molecule has 0 saturated carbocycles. The number of anilines is 1. The molecule has 310 valence electrons. The molecule has 0 amide bonds. The van der Waals surface area contributed by atoms with Crippen LogP contribution < -0.4 is 15.6 Å². The zero-order valence-corrected chi connectivity index (χ0v) is 34.0. The Labute approximate surface area is 351 Å². The van der Waals surface area contributed by atoms with Crippen LogP contribution in [0.15, 0.2) is 145 Å². The van der Waals surface area contributed by atoms with Gasteiger partial charge in [0.15, 0.2) is 29.7 Å². The van der Waals surface area contributed by atoms with Crippen molar-refractivity contribution in [3.63, 3.8) is 0 Å². The Morgan fingerprint density at radius 2 is 1.38 bits per heavy atom.